The van der Waals surface area contributed by atoms with E-state index in [0.29, 0.717) is 0 Å². The predicted molar refractivity (Wildman–Crippen MR) is 67.8 cm³/mol. The molecule has 2 N–H and O–H groups in total. The Morgan fingerprint density at radius 2 is 2.19 bits per heavy atom. The second-order valence-electron chi connectivity index (χ2n) is 4.82. The SMILES string of the molecule is CC(N)CN(C)c1ccnc2c1CCCC2. The number of pyridine rings is 1. The lowest BCUT2D eigenvalue weighted by Gasteiger charge is -2.27. The summed E-state index contributed by atoms with van der Waals surface area (Å²) in [6.07, 6.45) is 6.80. The number of hydrogen-bond acceptors (Lipinski definition) is 3. The summed E-state index contributed by atoms with van der Waals surface area (Å²) in [5, 5.41) is 0. The maximum atomic E-state index is 5.85. The number of fused-ring (bicyclic) bond motifs is 1. The highest BCUT2D eigenvalue weighted by atomic mass is 15.1. The molecule has 0 fully saturated rings. The minimum Gasteiger partial charge on any atom is -0.373 e. The van der Waals surface area contributed by atoms with E-state index >= 15 is 0 Å². The number of hydrogen-bond donors (Lipinski definition) is 1. The van der Waals surface area contributed by atoms with E-state index in [9.17, 15) is 0 Å². The van der Waals surface area contributed by atoms with Crippen LogP contribution in [0.3, 0.4) is 0 Å². The normalized spacial score (nSPS) is 16.7. The molecule has 0 aliphatic heterocycles. The topological polar surface area (TPSA) is 42.1 Å². The molecule has 3 heteroatoms. The van der Waals surface area contributed by atoms with Crippen LogP contribution in [0.4, 0.5) is 5.69 Å². The average Bonchev–Trinajstić information content (AvgIpc) is 2.27. The van der Waals surface area contributed by atoms with Crippen molar-refractivity contribution in [2.75, 3.05) is 18.5 Å². The first-order chi connectivity index (χ1) is 7.68. The van der Waals surface area contributed by atoms with Crippen molar-refractivity contribution in [3.8, 4) is 0 Å². The number of aryl methyl sites for hydroxylation is 1. The quantitative estimate of drug-likeness (QED) is 0.842. The zero-order valence-electron chi connectivity index (χ0n) is 10.2. The van der Waals surface area contributed by atoms with E-state index in [-0.39, 0.29) is 6.04 Å². The zero-order chi connectivity index (χ0) is 11.5. The molecule has 0 saturated carbocycles. The van der Waals surface area contributed by atoms with Gasteiger partial charge in [0.05, 0.1) is 0 Å². The van der Waals surface area contributed by atoms with E-state index in [0.717, 1.165) is 13.0 Å². The second kappa shape index (κ2) is 4.83. The Hall–Kier alpha value is -1.09. The van der Waals surface area contributed by atoms with E-state index in [1.54, 1.807) is 0 Å². The van der Waals surface area contributed by atoms with Crippen molar-refractivity contribution >= 4 is 5.69 Å². The van der Waals surface area contributed by atoms with E-state index < -0.39 is 0 Å². The summed E-state index contributed by atoms with van der Waals surface area (Å²) in [5.74, 6) is 0. The Kier molecular flexibility index (Phi) is 3.44. The van der Waals surface area contributed by atoms with Gasteiger partial charge in [0.1, 0.15) is 0 Å². The fourth-order valence-corrected chi connectivity index (χ4v) is 2.49. The second-order valence-corrected chi connectivity index (χ2v) is 4.82. The van der Waals surface area contributed by atoms with Gasteiger partial charge in [-0.2, -0.15) is 0 Å². The minimum absolute atomic E-state index is 0.206. The summed E-state index contributed by atoms with van der Waals surface area (Å²) in [5.41, 5.74) is 9.90. The highest BCUT2D eigenvalue weighted by Crippen LogP contribution is 2.28. The van der Waals surface area contributed by atoms with Crippen molar-refractivity contribution in [2.45, 2.75) is 38.6 Å². The summed E-state index contributed by atoms with van der Waals surface area (Å²) in [6, 6.07) is 2.32. The molecule has 1 heterocycles. The number of rotatable bonds is 3. The van der Waals surface area contributed by atoms with Crippen LogP contribution in [0.25, 0.3) is 0 Å². The third-order valence-corrected chi connectivity index (χ3v) is 3.18. The molecule has 0 amide bonds. The molecule has 2 rings (SSSR count). The van der Waals surface area contributed by atoms with E-state index in [4.69, 9.17) is 5.73 Å². The van der Waals surface area contributed by atoms with Crippen LogP contribution in [-0.2, 0) is 12.8 Å². The summed E-state index contributed by atoms with van der Waals surface area (Å²) in [7, 11) is 2.12. The largest absolute Gasteiger partial charge is 0.373 e. The first kappa shape index (κ1) is 11.4. The van der Waals surface area contributed by atoms with Crippen molar-refractivity contribution in [3.05, 3.63) is 23.5 Å². The molecule has 1 unspecified atom stereocenters. The molecule has 0 spiro atoms. The first-order valence-electron chi connectivity index (χ1n) is 6.12. The van der Waals surface area contributed by atoms with Gasteiger partial charge in [-0.15, -0.1) is 0 Å². The minimum atomic E-state index is 0.206. The summed E-state index contributed by atoms with van der Waals surface area (Å²) in [6.45, 7) is 2.95. The van der Waals surface area contributed by atoms with E-state index in [2.05, 4.69) is 23.0 Å². The van der Waals surface area contributed by atoms with Crippen LogP contribution in [-0.4, -0.2) is 24.6 Å². The number of anilines is 1. The van der Waals surface area contributed by atoms with Gasteiger partial charge in [0.25, 0.3) is 0 Å². The Bertz CT molecular complexity index is 360. The summed E-state index contributed by atoms with van der Waals surface area (Å²) >= 11 is 0. The molecule has 88 valence electrons. The number of nitrogens with zero attached hydrogens (tertiary/aromatic N) is 2. The summed E-state index contributed by atoms with van der Waals surface area (Å²) in [4.78, 5) is 6.74. The van der Waals surface area contributed by atoms with E-state index in [1.807, 2.05) is 13.1 Å². The third-order valence-electron chi connectivity index (χ3n) is 3.18. The van der Waals surface area contributed by atoms with Gasteiger partial charge in [-0.3, -0.25) is 4.98 Å². The fourth-order valence-electron chi connectivity index (χ4n) is 2.49. The lowest BCUT2D eigenvalue weighted by Crippen LogP contribution is -2.33. The molecule has 16 heavy (non-hydrogen) atoms. The van der Waals surface area contributed by atoms with Crippen molar-refractivity contribution in [3.63, 3.8) is 0 Å². The molecule has 1 aliphatic carbocycles. The van der Waals surface area contributed by atoms with Crippen molar-refractivity contribution in [1.29, 1.82) is 0 Å². The monoisotopic (exact) mass is 219 g/mol. The molecule has 1 aromatic rings. The smallest absolute Gasteiger partial charge is 0.0456 e. The molecule has 0 saturated heterocycles. The van der Waals surface area contributed by atoms with Gasteiger partial charge in [-0.1, -0.05) is 0 Å². The predicted octanol–water partition coefficient (Wildman–Crippen LogP) is 1.74. The lowest BCUT2D eigenvalue weighted by molar-refractivity contribution is 0.659. The van der Waals surface area contributed by atoms with E-state index in [1.165, 1.54) is 36.2 Å². The van der Waals surface area contributed by atoms with Crippen LogP contribution < -0.4 is 10.6 Å². The zero-order valence-corrected chi connectivity index (χ0v) is 10.2. The van der Waals surface area contributed by atoms with Crippen molar-refractivity contribution in [1.82, 2.24) is 4.98 Å². The first-order valence-corrected chi connectivity index (χ1v) is 6.12. The highest BCUT2D eigenvalue weighted by molar-refractivity contribution is 5.55. The van der Waals surface area contributed by atoms with Gasteiger partial charge in [0, 0.05) is 37.2 Å². The number of nitrogens with two attached hydrogens (primary N) is 1. The van der Waals surface area contributed by atoms with Gasteiger partial charge in [0.2, 0.25) is 0 Å². The molecule has 0 bridgehead atoms. The molecule has 0 radical (unpaired) electrons. The number of aromatic nitrogens is 1. The fraction of sp³-hybridized carbons (Fsp3) is 0.615. The standard InChI is InChI=1S/C13H21N3/c1-10(14)9-16(2)13-7-8-15-12-6-4-3-5-11(12)13/h7-8,10H,3-6,9,14H2,1-2H3. The maximum absolute atomic E-state index is 5.85. The van der Waals surface area contributed by atoms with Crippen LogP contribution in [0.2, 0.25) is 0 Å². The molecule has 3 nitrogen and oxygen atoms in total. The average molecular weight is 219 g/mol. The molecule has 0 aromatic carbocycles. The maximum Gasteiger partial charge on any atom is 0.0456 e. The van der Waals surface area contributed by atoms with Crippen LogP contribution in [0.1, 0.15) is 31.0 Å². The Balaban J connectivity index is 2.26. The van der Waals surface area contributed by atoms with Crippen LogP contribution in [0.15, 0.2) is 12.3 Å². The van der Waals surface area contributed by atoms with Crippen LogP contribution in [0.5, 0.6) is 0 Å². The molecule has 1 atom stereocenters. The number of likely N-dealkylation sites (N-methyl/N-ethyl adjacent to an activating group) is 1. The Morgan fingerprint density at radius 1 is 1.44 bits per heavy atom. The van der Waals surface area contributed by atoms with Gasteiger partial charge in [-0.25, -0.2) is 0 Å². The van der Waals surface area contributed by atoms with Gasteiger partial charge < -0.3 is 10.6 Å². The lowest BCUT2D eigenvalue weighted by atomic mass is 9.94. The molecular formula is C13H21N3. The Labute approximate surface area is 97.7 Å². The molecular weight excluding hydrogens is 198 g/mol. The van der Waals surface area contributed by atoms with Crippen molar-refractivity contribution < 1.29 is 0 Å². The van der Waals surface area contributed by atoms with Crippen molar-refractivity contribution in [2.24, 2.45) is 5.73 Å². The van der Waals surface area contributed by atoms with Gasteiger partial charge in [0.15, 0.2) is 0 Å². The van der Waals surface area contributed by atoms with Crippen LogP contribution >= 0.6 is 0 Å². The van der Waals surface area contributed by atoms with Gasteiger partial charge in [-0.05, 0) is 44.2 Å². The highest BCUT2D eigenvalue weighted by Gasteiger charge is 2.16. The Morgan fingerprint density at radius 3 is 2.94 bits per heavy atom. The molecule has 1 aromatic heterocycles. The van der Waals surface area contributed by atoms with Gasteiger partial charge >= 0.3 is 0 Å². The van der Waals surface area contributed by atoms with Crippen LogP contribution in [0, 0.1) is 0 Å². The third kappa shape index (κ3) is 2.35. The molecule has 1 aliphatic rings. The summed E-state index contributed by atoms with van der Waals surface area (Å²) < 4.78 is 0.